The molecule has 0 aromatic carbocycles. The van der Waals surface area contributed by atoms with Gasteiger partial charge in [0.15, 0.2) is 0 Å². The van der Waals surface area contributed by atoms with Crippen LogP contribution in [-0.2, 0) is 4.79 Å². The van der Waals surface area contributed by atoms with Gasteiger partial charge in [0, 0.05) is 18.0 Å². The molecule has 4 bridgehead atoms. The van der Waals surface area contributed by atoms with Crippen LogP contribution in [0.4, 0.5) is 0 Å². The first-order chi connectivity index (χ1) is 9.18. The monoisotopic (exact) mass is 298 g/mol. The van der Waals surface area contributed by atoms with Crippen LogP contribution in [0.2, 0.25) is 0 Å². The highest BCUT2D eigenvalue weighted by Gasteiger charge is 2.55. The molecule has 5 fully saturated rings. The molecule has 0 heterocycles. The molecule has 3 N–H and O–H groups in total. The highest BCUT2D eigenvalue weighted by atomic mass is 35.5. The molecule has 0 aliphatic heterocycles. The van der Waals surface area contributed by atoms with Crippen molar-refractivity contribution in [1.82, 2.24) is 5.32 Å². The number of amides is 1. The molecule has 0 saturated heterocycles. The minimum absolute atomic E-state index is 0. The van der Waals surface area contributed by atoms with E-state index in [1.807, 2.05) is 0 Å². The zero-order chi connectivity index (χ0) is 13.0. The Morgan fingerprint density at radius 2 is 1.60 bits per heavy atom. The van der Waals surface area contributed by atoms with E-state index in [4.69, 9.17) is 5.73 Å². The second kappa shape index (κ2) is 5.17. The van der Waals surface area contributed by atoms with Crippen LogP contribution in [0.25, 0.3) is 0 Å². The molecule has 114 valence electrons. The summed E-state index contributed by atoms with van der Waals surface area (Å²) in [7, 11) is 0. The van der Waals surface area contributed by atoms with Crippen molar-refractivity contribution in [3.05, 3.63) is 0 Å². The molecule has 0 aromatic heterocycles. The van der Waals surface area contributed by atoms with Crippen molar-refractivity contribution < 1.29 is 4.79 Å². The zero-order valence-electron chi connectivity index (χ0n) is 12.1. The molecule has 0 aromatic rings. The summed E-state index contributed by atoms with van der Waals surface area (Å²) in [4.78, 5) is 12.8. The van der Waals surface area contributed by atoms with E-state index in [9.17, 15) is 4.79 Å². The number of nitrogens with one attached hydrogen (secondary N) is 1. The quantitative estimate of drug-likeness (QED) is 0.838. The lowest BCUT2D eigenvalue weighted by Crippen LogP contribution is -2.56. The fourth-order valence-electron chi connectivity index (χ4n) is 5.58. The highest BCUT2D eigenvalue weighted by Crippen LogP contribution is 2.60. The summed E-state index contributed by atoms with van der Waals surface area (Å²) < 4.78 is 0. The van der Waals surface area contributed by atoms with Crippen LogP contribution in [0.15, 0.2) is 0 Å². The van der Waals surface area contributed by atoms with E-state index in [-0.39, 0.29) is 23.9 Å². The lowest BCUT2D eigenvalue weighted by Gasteiger charge is -2.55. The molecular formula is C16H27ClN2O. The molecular weight excluding hydrogens is 272 g/mol. The van der Waals surface area contributed by atoms with Crippen molar-refractivity contribution in [3.8, 4) is 0 Å². The summed E-state index contributed by atoms with van der Waals surface area (Å²) in [5.41, 5.74) is 5.84. The lowest BCUT2D eigenvalue weighted by molar-refractivity contribution is -0.147. The van der Waals surface area contributed by atoms with E-state index in [1.165, 1.54) is 32.1 Å². The average Bonchev–Trinajstić information content (AvgIpc) is 3.18. The average molecular weight is 299 g/mol. The van der Waals surface area contributed by atoms with Crippen molar-refractivity contribution in [2.24, 2.45) is 34.8 Å². The van der Waals surface area contributed by atoms with Crippen molar-refractivity contribution in [2.45, 2.75) is 57.4 Å². The minimum atomic E-state index is -0.00292. The summed E-state index contributed by atoms with van der Waals surface area (Å²) in [6.07, 6.45) is 10.2. The Morgan fingerprint density at radius 1 is 1.10 bits per heavy atom. The van der Waals surface area contributed by atoms with Gasteiger partial charge in [-0.15, -0.1) is 12.4 Å². The van der Waals surface area contributed by atoms with Crippen LogP contribution < -0.4 is 11.1 Å². The summed E-state index contributed by atoms with van der Waals surface area (Å²) in [6, 6.07) is 0.250. The van der Waals surface area contributed by atoms with E-state index in [0.717, 1.165) is 37.0 Å². The van der Waals surface area contributed by atoms with Crippen LogP contribution >= 0.6 is 12.4 Å². The molecule has 3 nitrogen and oxygen atoms in total. The molecule has 1 unspecified atom stereocenters. The van der Waals surface area contributed by atoms with Gasteiger partial charge in [-0.25, -0.2) is 0 Å². The first-order valence-corrected chi connectivity index (χ1v) is 8.19. The highest BCUT2D eigenvalue weighted by molar-refractivity contribution is 5.85. The summed E-state index contributed by atoms with van der Waals surface area (Å²) in [6.45, 7) is 0.614. The summed E-state index contributed by atoms with van der Waals surface area (Å²) in [5.74, 6) is 3.55. The maximum atomic E-state index is 12.8. The Bertz CT molecular complexity index is 359. The largest absolute Gasteiger partial charge is 0.351 e. The van der Waals surface area contributed by atoms with Crippen LogP contribution in [0.3, 0.4) is 0 Å². The third-order valence-electron chi connectivity index (χ3n) is 6.28. The molecule has 5 saturated carbocycles. The van der Waals surface area contributed by atoms with Gasteiger partial charge in [0.1, 0.15) is 0 Å². The fourth-order valence-corrected chi connectivity index (χ4v) is 5.58. The molecule has 4 heteroatoms. The predicted octanol–water partition coefficient (Wildman–Crippen LogP) is 2.48. The lowest BCUT2D eigenvalue weighted by atomic mass is 9.49. The number of carbonyl (C=O) groups is 1. The first kappa shape index (κ1) is 14.6. The maximum absolute atomic E-state index is 12.8. The first-order valence-electron chi connectivity index (χ1n) is 8.19. The minimum Gasteiger partial charge on any atom is -0.351 e. The van der Waals surface area contributed by atoms with E-state index < -0.39 is 0 Å². The van der Waals surface area contributed by atoms with Crippen molar-refractivity contribution >= 4 is 18.3 Å². The predicted molar refractivity (Wildman–Crippen MR) is 81.6 cm³/mol. The van der Waals surface area contributed by atoms with Crippen LogP contribution in [-0.4, -0.2) is 18.5 Å². The van der Waals surface area contributed by atoms with E-state index in [2.05, 4.69) is 5.32 Å². The Hall–Kier alpha value is -0.280. The smallest absolute Gasteiger partial charge is 0.226 e. The molecule has 0 spiro atoms. The Morgan fingerprint density at radius 3 is 2.00 bits per heavy atom. The Labute approximate surface area is 127 Å². The molecule has 5 aliphatic carbocycles. The van der Waals surface area contributed by atoms with Gasteiger partial charge >= 0.3 is 0 Å². The van der Waals surface area contributed by atoms with Gasteiger partial charge in [0.05, 0.1) is 0 Å². The molecule has 5 aliphatic rings. The summed E-state index contributed by atoms with van der Waals surface area (Å²) in [5, 5.41) is 3.32. The topological polar surface area (TPSA) is 55.1 Å². The normalized spacial score (nSPS) is 43.0. The van der Waals surface area contributed by atoms with Gasteiger partial charge < -0.3 is 11.1 Å². The van der Waals surface area contributed by atoms with Crippen LogP contribution in [0.1, 0.15) is 51.4 Å². The van der Waals surface area contributed by atoms with Crippen molar-refractivity contribution in [2.75, 3.05) is 6.54 Å². The number of nitrogens with two attached hydrogens (primary N) is 1. The molecule has 20 heavy (non-hydrogen) atoms. The van der Waals surface area contributed by atoms with Crippen molar-refractivity contribution in [1.29, 1.82) is 0 Å². The number of rotatable bonds is 4. The standard InChI is InChI=1S/C16H26N2O.ClH/c17-9-14(13-1-2-13)18-15(19)16-6-10-3-11(7-16)5-12(4-10)8-16;/h10-14H,1-9,17H2,(H,18,19);1H. The molecule has 1 atom stereocenters. The third kappa shape index (κ3) is 2.37. The number of carbonyl (C=O) groups excluding carboxylic acids is 1. The third-order valence-corrected chi connectivity index (χ3v) is 6.28. The van der Waals surface area contributed by atoms with Gasteiger partial charge in [0.2, 0.25) is 5.91 Å². The van der Waals surface area contributed by atoms with Crippen molar-refractivity contribution in [3.63, 3.8) is 0 Å². The summed E-state index contributed by atoms with van der Waals surface area (Å²) >= 11 is 0. The number of hydrogen-bond acceptors (Lipinski definition) is 2. The zero-order valence-corrected chi connectivity index (χ0v) is 13.0. The Kier molecular flexibility index (Phi) is 3.79. The van der Waals surface area contributed by atoms with E-state index >= 15 is 0 Å². The van der Waals surface area contributed by atoms with Crippen LogP contribution in [0, 0.1) is 29.1 Å². The number of halogens is 1. The van der Waals surface area contributed by atoms with E-state index in [1.54, 1.807) is 0 Å². The maximum Gasteiger partial charge on any atom is 0.226 e. The van der Waals surface area contributed by atoms with E-state index in [0.29, 0.717) is 18.4 Å². The van der Waals surface area contributed by atoms with Gasteiger partial charge in [-0.2, -0.15) is 0 Å². The van der Waals surface area contributed by atoms with Gasteiger partial charge in [-0.05, 0) is 75.0 Å². The van der Waals surface area contributed by atoms with Gasteiger partial charge in [0.25, 0.3) is 0 Å². The molecule has 1 amide bonds. The molecule has 5 rings (SSSR count). The SMILES string of the molecule is Cl.NCC(NC(=O)C12CC3CC(CC(C3)C1)C2)C1CC1. The van der Waals surface area contributed by atoms with Crippen LogP contribution in [0.5, 0.6) is 0 Å². The Balaban J connectivity index is 0.00000121. The second-order valence-corrected chi connectivity index (χ2v) is 7.85. The van der Waals surface area contributed by atoms with Gasteiger partial charge in [-0.3, -0.25) is 4.79 Å². The fraction of sp³-hybridized carbons (Fsp3) is 0.938. The molecule has 0 radical (unpaired) electrons. The second-order valence-electron chi connectivity index (χ2n) is 7.85. The van der Waals surface area contributed by atoms with Gasteiger partial charge in [-0.1, -0.05) is 0 Å². The number of hydrogen-bond donors (Lipinski definition) is 2.